The van der Waals surface area contributed by atoms with E-state index in [4.69, 9.17) is 14.2 Å². The van der Waals surface area contributed by atoms with Gasteiger partial charge in [0, 0.05) is 0 Å². The Hall–Kier alpha value is -1.10. The zero-order valence-corrected chi connectivity index (χ0v) is 5.66. The van der Waals surface area contributed by atoms with E-state index in [1.165, 1.54) is 0 Å². The maximum absolute atomic E-state index is 10.7. The lowest BCUT2D eigenvalue weighted by Gasteiger charge is -2.41. The van der Waals surface area contributed by atoms with Crippen LogP contribution in [0.3, 0.4) is 0 Å². The standard InChI is InChI=1S/C6H6O5/c7-4-1-5(8)11-6(10-4)2-9-3-6/h1-3H2. The normalized spacial score (nSPS) is 27.3. The zero-order valence-electron chi connectivity index (χ0n) is 5.66. The average Bonchev–Trinajstić information content (AvgIpc) is 1.82. The summed E-state index contributed by atoms with van der Waals surface area (Å²) in [5, 5.41) is 0. The Morgan fingerprint density at radius 1 is 1.09 bits per heavy atom. The number of carbonyl (C=O) groups is 2. The molecule has 2 saturated heterocycles. The summed E-state index contributed by atoms with van der Waals surface area (Å²) in [6, 6.07) is 0. The summed E-state index contributed by atoms with van der Waals surface area (Å²) in [6.07, 6.45) is -0.290. The van der Waals surface area contributed by atoms with Crippen molar-refractivity contribution in [3.8, 4) is 0 Å². The molecule has 0 atom stereocenters. The number of ether oxygens (including phenoxy) is 3. The van der Waals surface area contributed by atoms with Crippen LogP contribution < -0.4 is 0 Å². The lowest BCUT2D eigenvalue weighted by atomic mass is 10.2. The molecule has 0 amide bonds. The smallest absolute Gasteiger partial charge is 0.320 e. The van der Waals surface area contributed by atoms with E-state index in [1.807, 2.05) is 0 Å². The number of rotatable bonds is 0. The van der Waals surface area contributed by atoms with Gasteiger partial charge in [-0.3, -0.25) is 9.59 Å². The Morgan fingerprint density at radius 2 is 1.64 bits per heavy atom. The number of esters is 2. The number of hydrogen-bond acceptors (Lipinski definition) is 5. The SMILES string of the molecule is O=C1CC(=O)OC2(COC2)O1. The largest absolute Gasteiger partial charge is 0.417 e. The fraction of sp³-hybridized carbons (Fsp3) is 0.667. The maximum Gasteiger partial charge on any atom is 0.320 e. The van der Waals surface area contributed by atoms with Crippen molar-refractivity contribution >= 4 is 11.9 Å². The van der Waals surface area contributed by atoms with E-state index in [-0.39, 0.29) is 19.6 Å². The molecule has 2 fully saturated rings. The summed E-state index contributed by atoms with van der Waals surface area (Å²) < 4.78 is 14.3. The Bertz CT molecular complexity index is 199. The maximum atomic E-state index is 10.7. The molecule has 0 saturated carbocycles. The first-order chi connectivity index (χ1) is 5.20. The van der Waals surface area contributed by atoms with Crippen LogP contribution in [0.15, 0.2) is 0 Å². The van der Waals surface area contributed by atoms with Gasteiger partial charge in [0.05, 0.1) is 0 Å². The fourth-order valence-corrected chi connectivity index (χ4v) is 1.01. The third-order valence-corrected chi connectivity index (χ3v) is 1.53. The van der Waals surface area contributed by atoms with Crippen molar-refractivity contribution in [2.24, 2.45) is 0 Å². The van der Waals surface area contributed by atoms with E-state index in [1.54, 1.807) is 0 Å². The molecule has 0 aromatic carbocycles. The van der Waals surface area contributed by atoms with Gasteiger partial charge in [-0.05, 0) is 0 Å². The van der Waals surface area contributed by atoms with Gasteiger partial charge in [-0.2, -0.15) is 0 Å². The van der Waals surface area contributed by atoms with Gasteiger partial charge in [0.2, 0.25) is 0 Å². The van der Waals surface area contributed by atoms with Crippen molar-refractivity contribution < 1.29 is 23.8 Å². The van der Waals surface area contributed by atoms with Gasteiger partial charge in [0.1, 0.15) is 19.6 Å². The minimum Gasteiger partial charge on any atom is -0.417 e. The average molecular weight is 158 g/mol. The molecule has 0 unspecified atom stereocenters. The van der Waals surface area contributed by atoms with E-state index >= 15 is 0 Å². The van der Waals surface area contributed by atoms with Crippen LogP contribution in [0.5, 0.6) is 0 Å². The second-order valence-electron chi connectivity index (χ2n) is 2.53. The first-order valence-electron chi connectivity index (χ1n) is 3.22. The highest BCUT2D eigenvalue weighted by Gasteiger charge is 2.50. The van der Waals surface area contributed by atoms with Gasteiger partial charge in [0.25, 0.3) is 0 Å². The summed E-state index contributed by atoms with van der Waals surface area (Å²) in [5.41, 5.74) is 0. The van der Waals surface area contributed by atoms with Crippen LogP contribution >= 0.6 is 0 Å². The monoisotopic (exact) mass is 158 g/mol. The third kappa shape index (κ3) is 0.970. The van der Waals surface area contributed by atoms with Crippen LogP contribution in [0.2, 0.25) is 0 Å². The van der Waals surface area contributed by atoms with Gasteiger partial charge in [-0.25, -0.2) is 0 Å². The minimum absolute atomic E-state index is 0.157. The molecule has 0 radical (unpaired) electrons. The minimum atomic E-state index is -1.08. The third-order valence-electron chi connectivity index (χ3n) is 1.53. The highest BCUT2D eigenvalue weighted by atomic mass is 16.8. The molecule has 2 heterocycles. The molecule has 0 aromatic rings. The molecule has 0 bridgehead atoms. The van der Waals surface area contributed by atoms with Gasteiger partial charge < -0.3 is 14.2 Å². The molecule has 2 aliphatic heterocycles. The molecule has 2 aliphatic rings. The predicted octanol–water partition coefficient (Wildman–Crippen LogP) is -0.797. The number of carbonyl (C=O) groups excluding carboxylic acids is 2. The molecule has 0 aromatic heterocycles. The van der Waals surface area contributed by atoms with Crippen LogP contribution in [-0.4, -0.2) is 30.9 Å². The summed E-state index contributed by atoms with van der Waals surface area (Å²) in [7, 11) is 0. The molecule has 5 nitrogen and oxygen atoms in total. The molecule has 0 aliphatic carbocycles. The number of hydrogen-bond donors (Lipinski definition) is 0. The van der Waals surface area contributed by atoms with Crippen LogP contribution in [-0.2, 0) is 23.8 Å². The van der Waals surface area contributed by atoms with E-state index in [0.29, 0.717) is 0 Å². The second-order valence-corrected chi connectivity index (χ2v) is 2.53. The zero-order chi connectivity index (χ0) is 7.90. The first-order valence-corrected chi connectivity index (χ1v) is 3.22. The van der Waals surface area contributed by atoms with Gasteiger partial charge in [0.15, 0.2) is 0 Å². The lowest BCUT2D eigenvalue weighted by Crippen LogP contribution is -2.58. The van der Waals surface area contributed by atoms with E-state index in [9.17, 15) is 9.59 Å². The molecular weight excluding hydrogens is 152 g/mol. The Kier molecular flexibility index (Phi) is 1.17. The molecule has 1 spiro atoms. The Labute approximate surface area is 62.2 Å². The van der Waals surface area contributed by atoms with E-state index in [0.717, 1.165) is 0 Å². The van der Waals surface area contributed by atoms with Gasteiger partial charge in [-0.1, -0.05) is 0 Å². The molecule has 5 heteroatoms. The van der Waals surface area contributed by atoms with Crippen molar-refractivity contribution in [1.29, 1.82) is 0 Å². The van der Waals surface area contributed by atoms with Crippen molar-refractivity contribution in [1.82, 2.24) is 0 Å². The predicted molar refractivity (Wildman–Crippen MR) is 30.4 cm³/mol. The van der Waals surface area contributed by atoms with E-state index in [2.05, 4.69) is 0 Å². The summed E-state index contributed by atoms with van der Waals surface area (Å²) >= 11 is 0. The second kappa shape index (κ2) is 1.94. The molecular formula is C6H6O5. The van der Waals surface area contributed by atoms with Crippen molar-refractivity contribution in [2.45, 2.75) is 12.2 Å². The Balaban J connectivity index is 2.12. The molecule has 2 rings (SSSR count). The molecule has 60 valence electrons. The van der Waals surface area contributed by atoms with Crippen LogP contribution in [0.1, 0.15) is 6.42 Å². The first kappa shape index (κ1) is 6.60. The summed E-state index contributed by atoms with van der Waals surface area (Å²) in [4.78, 5) is 21.4. The van der Waals surface area contributed by atoms with Crippen LogP contribution in [0.25, 0.3) is 0 Å². The van der Waals surface area contributed by atoms with Gasteiger partial charge >= 0.3 is 17.7 Å². The molecule has 0 N–H and O–H groups in total. The summed E-state index contributed by atoms with van der Waals surface area (Å²) in [6.45, 7) is 0.314. The van der Waals surface area contributed by atoms with Crippen molar-refractivity contribution in [3.05, 3.63) is 0 Å². The highest BCUT2D eigenvalue weighted by molar-refractivity contribution is 5.93. The van der Waals surface area contributed by atoms with Gasteiger partial charge in [-0.15, -0.1) is 0 Å². The quantitative estimate of drug-likeness (QED) is 0.341. The van der Waals surface area contributed by atoms with Crippen molar-refractivity contribution in [3.63, 3.8) is 0 Å². The summed E-state index contributed by atoms with van der Waals surface area (Å²) in [5.74, 6) is -2.15. The topological polar surface area (TPSA) is 61.8 Å². The highest BCUT2D eigenvalue weighted by Crippen LogP contribution is 2.27. The van der Waals surface area contributed by atoms with Crippen LogP contribution in [0, 0.1) is 0 Å². The fourth-order valence-electron chi connectivity index (χ4n) is 1.01. The van der Waals surface area contributed by atoms with Crippen LogP contribution in [0.4, 0.5) is 0 Å². The Morgan fingerprint density at radius 3 is 2.00 bits per heavy atom. The van der Waals surface area contributed by atoms with E-state index < -0.39 is 17.7 Å². The molecule has 11 heavy (non-hydrogen) atoms. The lowest BCUT2D eigenvalue weighted by molar-refractivity contribution is -0.321. The van der Waals surface area contributed by atoms with Crippen molar-refractivity contribution in [2.75, 3.05) is 13.2 Å².